The molecule has 7 heteroatoms. The van der Waals surface area contributed by atoms with E-state index in [0.717, 1.165) is 0 Å². The maximum Gasteiger partial charge on any atom is 0.244 e. The minimum absolute atomic E-state index is 0.146. The first-order valence-electron chi connectivity index (χ1n) is 7.10. The minimum atomic E-state index is -0.345. The van der Waals surface area contributed by atoms with Gasteiger partial charge in [0.25, 0.3) is 0 Å². The second-order valence-electron chi connectivity index (χ2n) is 5.05. The third-order valence-electron chi connectivity index (χ3n) is 3.47. The van der Waals surface area contributed by atoms with E-state index in [0.29, 0.717) is 37.7 Å². The molecule has 22 heavy (non-hydrogen) atoms. The molecule has 0 radical (unpaired) electrons. The third kappa shape index (κ3) is 3.43. The van der Waals surface area contributed by atoms with Gasteiger partial charge in [0.15, 0.2) is 0 Å². The smallest absolute Gasteiger partial charge is 0.244 e. The lowest BCUT2D eigenvalue weighted by Crippen LogP contribution is -2.36. The van der Waals surface area contributed by atoms with Gasteiger partial charge in [0.1, 0.15) is 12.4 Å². The first-order valence-corrected chi connectivity index (χ1v) is 7.10. The molecule has 1 amide bonds. The van der Waals surface area contributed by atoms with Gasteiger partial charge in [0.05, 0.1) is 25.2 Å². The van der Waals surface area contributed by atoms with Crippen LogP contribution in [0.15, 0.2) is 36.9 Å². The maximum absolute atomic E-state index is 14.2. The second-order valence-corrected chi connectivity index (χ2v) is 5.05. The molecule has 1 aliphatic rings. The van der Waals surface area contributed by atoms with E-state index < -0.39 is 0 Å². The number of amides is 1. The summed E-state index contributed by atoms with van der Waals surface area (Å²) < 4.78 is 21.1. The third-order valence-corrected chi connectivity index (χ3v) is 3.47. The molecule has 116 valence electrons. The molecular weight excluding hydrogens is 287 g/mol. The number of imidazole rings is 1. The summed E-state index contributed by atoms with van der Waals surface area (Å²) in [5.41, 5.74) is 0.982. The molecule has 0 spiro atoms. The molecule has 6 nitrogen and oxygen atoms in total. The largest absolute Gasteiger partial charge is 0.378 e. The zero-order valence-electron chi connectivity index (χ0n) is 12.0. The lowest BCUT2D eigenvalue weighted by molar-refractivity contribution is -0.116. The fourth-order valence-electron chi connectivity index (χ4n) is 2.39. The Bertz CT molecular complexity index is 639. The standard InChI is InChI=1S/C15H17FN4O2/c16-13-9-12(18-15(21)10-19-4-3-17-11-19)1-2-14(13)20-5-7-22-8-6-20/h1-4,9,11H,5-8,10H2,(H,18,21). The number of nitrogens with zero attached hydrogens (tertiary/aromatic N) is 3. The number of benzene rings is 1. The van der Waals surface area contributed by atoms with Crippen molar-refractivity contribution in [3.63, 3.8) is 0 Å². The summed E-state index contributed by atoms with van der Waals surface area (Å²) in [6, 6.07) is 4.74. The van der Waals surface area contributed by atoms with Gasteiger partial charge >= 0.3 is 0 Å². The van der Waals surface area contributed by atoms with Crippen molar-refractivity contribution >= 4 is 17.3 Å². The fourth-order valence-corrected chi connectivity index (χ4v) is 2.39. The molecule has 1 aromatic heterocycles. The number of hydrogen-bond acceptors (Lipinski definition) is 4. The zero-order chi connectivity index (χ0) is 15.4. The SMILES string of the molecule is O=C(Cn1ccnc1)Nc1ccc(N2CCOCC2)c(F)c1. The topological polar surface area (TPSA) is 59.4 Å². The van der Waals surface area contributed by atoms with Crippen LogP contribution in [-0.4, -0.2) is 41.8 Å². The summed E-state index contributed by atoms with van der Waals surface area (Å²) >= 11 is 0. The van der Waals surface area contributed by atoms with E-state index in [1.807, 2.05) is 4.90 Å². The van der Waals surface area contributed by atoms with Crippen LogP contribution in [0, 0.1) is 5.82 Å². The van der Waals surface area contributed by atoms with Gasteiger partial charge < -0.3 is 19.5 Å². The van der Waals surface area contributed by atoms with Gasteiger partial charge in [-0.15, -0.1) is 0 Å². The average Bonchev–Trinajstić information content (AvgIpc) is 3.01. The summed E-state index contributed by atoms with van der Waals surface area (Å²) in [4.78, 5) is 17.7. The average molecular weight is 304 g/mol. The summed E-state index contributed by atoms with van der Waals surface area (Å²) in [6.07, 6.45) is 4.85. The number of morpholine rings is 1. The van der Waals surface area contributed by atoms with E-state index in [9.17, 15) is 9.18 Å². The van der Waals surface area contributed by atoms with Crippen LogP contribution in [0.1, 0.15) is 0 Å². The Morgan fingerprint density at radius 3 is 2.86 bits per heavy atom. The summed E-state index contributed by atoms with van der Waals surface area (Å²) in [6.45, 7) is 2.69. The molecule has 1 N–H and O–H groups in total. The predicted molar refractivity (Wildman–Crippen MR) is 80.3 cm³/mol. The van der Waals surface area contributed by atoms with E-state index in [-0.39, 0.29) is 18.3 Å². The number of rotatable bonds is 4. The van der Waals surface area contributed by atoms with Crippen molar-refractivity contribution in [1.82, 2.24) is 9.55 Å². The highest BCUT2D eigenvalue weighted by molar-refractivity contribution is 5.90. The Morgan fingerprint density at radius 2 is 2.18 bits per heavy atom. The molecule has 1 aromatic carbocycles. The van der Waals surface area contributed by atoms with Crippen LogP contribution in [0.25, 0.3) is 0 Å². The maximum atomic E-state index is 14.2. The van der Waals surface area contributed by atoms with Crippen molar-refractivity contribution in [2.24, 2.45) is 0 Å². The molecule has 0 bridgehead atoms. The molecule has 0 saturated carbocycles. The van der Waals surface area contributed by atoms with Crippen LogP contribution in [0.5, 0.6) is 0 Å². The van der Waals surface area contributed by atoms with Crippen molar-refractivity contribution in [3.05, 3.63) is 42.7 Å². The predicted octanol–water partition coefficient (Wildman–Crippen LogP) is 1.50. The summed E-state index contributed by atoms with van der Waals surface area (Å²) in [5, 5.41) is 2.68. The Labute approximate surface area is 127 Å². The van der Waals surface area contributed by atoms with Crippen molar-refractivity contribution in [2.45, 2.75) is 6.54 Å². The van der Waals surface area contributed by atoms with Gasteiger partial charge in [0.2, 0.25) is 5.91 Å². The van der Waals surface area contributed by atoms with Crippen LogP contribution < -0.4 is 10.2 Å². The van der Waals surface area contributed by atoms with Crippen LogP contribution in [0.4, 0.5) is 15.8 Å². The van der Waals surface area contributed by atoms with Crippen LogP contribution in [0.2, 0.25) is 0 Å². The molecule has 3 rings (SSSR count). The Balaban J connectivity index is 1.65. The first kappa shape index (κ1) is 14.5. The van der Waals surface area contributed by atoms with Crippen molar-refractivity contribution < 1.29 is 13.9 Å². The highest BCUT2D eigenvalue weighted by atomic mass is 19.1. The van der Waals surface area contributed by atoms with Gasteiger partial charge in [-0.1, -0.05) is 0 Å². The van der Waals surface area contributed by atoms with E-state index in [1.165, 1.54) is 6.07 Å². The van der Waals surface area contributed by atoms with Gasteiger partial charge in [-0.05, 0) is 18.2 Å². The molecule has 0 aliphatic carbocycles. The van der Waals surface area contributed by atoms with Crippen molar-refractivity contribution in [3.8, 4) is 0 Å². The van der Waals surface area contributed by atoms with E-state index >= 15 is 0 Å². The van der Waals surface area contributed by atoms with E-state index in [4.69, 9.17) is 4.74 Å². The number of nitrogens with one attached hydrogen (secondary N) is 1. The summed E-state index contributed by atoms with van der Waals surface area (Å²) in [5.74, 6) is -0.571. The molecule has 2 heterocycles. The second kappa shape index (κ2) is 6.57. The van der Waals surface area contributed by atoms with Crippen molar-refractivity contribution in [2.75, 3.05) is 36.5 Å². The number of aromatic nitrogens is 2. The van der Waals surface area contributed by atoms with Crippen molar-refractivity contribution in [1.29, 1.82) is 0 Å². The van der Waals surface area contributed by atoms with Crippen LogP contribution >= 0.6 is 0 Å². The number of anilines is 2. The highest BCUT2D eigenvalue weighted by Gasteiger charge is 2.15. The Morgan fingerprint density at radius 1 is 1.36 bits per heavy atom. The molecular formula is C15H17FN4O2. The lowest BCUT2D eigenvalue weighted by atomic mass is 10.2. The van der Waals surface area contributed by atoms with Gasteiger partial charge in [-0.3, -0.25) is 4.79 Å². The normalized spacial score (nSPS) is 14.9. The number of hydrogen-bond donors (Lipinski definition) is 1. The monoisotopic (exact) mass is 304 g/mol. The van der Waals surface area contributed by atoms with Crippen LogP contribution in [0.3, 0.4) is 0 Å². The van der Waals surface area contributed by atoms with Gasteiger partial charge in [-0.2, -0.15) is 0 Å². The molecule has 0 unspecified atom stereocenters. The summed E-state index contributed by atoms with van der Waals surface area (Å²) in [7, 11) is 0. The number of halogens is 1. The minimum Gasteiger partial charge on any atom is -0.378 e. The number of carbonyl (C=O) groups is 1. The lowest BCUT2D eigenvalue weighted by Gasteiger charge is -2.29. The van der Waals surface area contributed by atoms with Gasteiger partial charge in [0, 0.05) is 31.2 Å². The number of carbonyl (C=O) groups excluding carboxylic acids is 1. The quantitative estimate of drug-likeness (QED) is 0.930. The Hall–Kier alpha value is -2.41. The zero-order valence-corrected chi connectivity index (χ0v) is 12.0. The molecule has 2 aromatic rings. The molecule has 1 fully saturated rings. The fraction of sp³-hybridized carbons (Fsp3) is 0.333. The molecule has 1 aliphatic heterocycles. The number of ether oxygens (including phenoxy) is 1. The van der Waals surface area contributed by atoms with E-state index in [1.54, 1.807) is 35.4 Å². The Kier molecular flexibility index (Phi) is 4.34. The van der Waals surface area contributed by atoms with E-state index in [2.05, 4.69) is 10.3 Å². The molecule has 0 atom stereocenters. The molecule has 1 saturated heterocycles. The first-order chi connectivity index (χ1) is 10.7. The van der Waals surface area contributed by atoms with Gasteiger partial charge in [-0.25, -0.2) is 9.37 Å². The highest BCUT2D eigenvalue weighted by Crippen LogP contribution is 2.23. The van der Waals surface area contributed by atoms with Crippen LogP contribution in [-0.2, 0) is 16.1 Å².